The zero-order chi connectivity index (χ0) is 21.4. The lowest BCUT2D eigenvalue weighted by Gasteiger charge is -2.21. The van der Waals surface area contributed by atoms with Crippen LogP contribution in [0.5, 0.6) is 0 Å². The molecule has 3 aromatic rings. The molecule has 1 aliphatic carbocycles. The van der Waals surface area contributed by atoms with Gasteiger partial charge in [-0.05, 0) is 65.4 Å². The number of aliphatic hydroxyl groups excluding tert-OH is 1. The second-order valence-electron chi connectivity index (χ2n) is 6.64. The molecule has 0 spiro atoms. The number of nitrogens with two attached hydrogens (primary N) is 2. The molecular weight excluding hydrogens is 374 g/mol. The molecule has 0 saturated heterocycles. The van der Waals surface area contributed by atoms with Crippen molar-refractivity contribution < 1.29 is 18.7 Å². The van der Waals surface area contributed by atoms with Gasteiger partial charge in [0.25, 0.3) is 0 Å². The Morgan fingerprint density at radius 1 is 0.897 bits per heavy atom. The number of fused-ring (bicyclic) bond motifs is 1. The molecule has 0 fully saturated rings. The predicted octanol–water partition coefficient (Wildman–Crippen LogP) is 4.15. The van der Waals surface area contributed by atoms with Crippen LogP contribution in [-0.2, 0) is 17.6 Å². The third kappa shape index (κ3) is 5.86. The van der Waals surface area contributed by atoms with Crippen molar-refractivity contribution in [2.24, 2.45) is 0 Å². The number of halogens is 2. The quantitative estimate of drug-likeness (QED) is 0.537. The Morgan fingerprint density at radius 3 is 2.28 bits per heavy atom. The van der Waals surface area contributed by atoms with Crippen molar-refractivity contribution in [3.05, 3.63) is 83.4 Å². The second kappa shape index (κ2) is 10.3. The van der Waals surface area contributed by atoms with Crippen LogP contribution in [0.2, 0.25) is 0 Å². The summed E-state index contributed by atoms with van der Waals surface area (Å²) in [5.74, 6) is -1.70. The van der Waals surface area contributed by atoms with Crippen LogP contribution in [0.3, 0.4) is 0 Å². The minimum atomic E-state index is -0.852. The summed E-state index contributed by atoms with van der Waals surface area (Å²) < 4.78 is 25.7. The number of carbonyl (C=O) groups is 1. The number of hydrogen-bond acceptors (Lipinski definition) is 4. The van der Waals surface area contributed by atoms with E-state index >= 15 is 0 Å². The summed E-state index contributed by atoms with van der Waals surface area (Å²) in [6, 6.07) is 16.8. The molecule has 1 atom stereocenters. The van der Waals surface area contributed by atoms with Crippen molar-refractivity contribution in [3.8, 4) is 11.1 Å². The summed E-state index contributed by atoms with van der Waals surface area (Å²) in [5, 5.41) is 9.42. The predicted molar refractivity (Wildman–Crippen MR) is 112 cm³/mol. The zero-order valence-electron chi connectivity index (χ0n) is 15.9. The fraction of sp³-hybridized carbons (Fsp3) is 0.174. The number of aliphatic hydroxyl groups is 1. The number of carbonyl (C=O) groups excluding carboxylic acids is 1. The van der Waals surface area contributed by atoms with E-state index in [1.807, 2.05) is 18.9 Å². The van der Waals surface area contributed by atoms with Crippen LogP contribution in [0.15, 0.2) is 60.7 Å². The highest BCUT2D eigenvalue weighted by Crippen LogP contribution is 2.26. The average Bonchev–Trinajstić information content (AvgIpc) is 2.73. The molecule has 0 saturated carbocycles. The van der Waals surface area contributed by atoms with Crippen molar-refractivity contribution in [1.82, 2.24) is 0 Å². The van der Waals surface area contributed by atoms with E-state index in [0.29, 0.717) is 11.3 Å². The Labute approximate surface area is 168 Å². The number of anilines is 2. The molecule has 0 aromatic heterocycles. The largest absolute Gasteiger partial charge is 0.399 e. The third-order valence-corrected chi connectivity index (χ3v) is 4.64. The van der Waals surface area contributed by atoms with E-state index in [4.69, 9.17) is 16.3 Å². The maximum Gasteiger partial charge on any atom is 0.159 e. The molecule has 4 nitrogen and oxygen atoms in total. The molecule has 29 heavy (non-hydrogen) atoms. The van der Waals surface area contributed by atoms with Gasteiger partial charge in [-0.15, -0.1) is 0 Å². The molecule has 6 heteroatoms. The van der Waals surface area contributed by atoms with Crippen LogP contribution in [0.25, 0.3) is 11.1 Å². The first kappa shape index (κ1) is 22.0. The Hall–Kier alpha value is -3.25. The van der Waals surface area contributed by atoms with Crippen molar-refractivity contribution in [3.63, 3.8) is 0 Å². The first-order valence-corrected chi connectivity index (χ1v) is 9.08. The van der Waals surface area contributed by atoms with Crippen LogP contribution in [0, 0.1) is 11.6 Å². The van der Waals surface area contributed by atoms with E-state index in [0.717, 1.165) is 48.2 Å². The Balaban J connectivity index is 0.000000194. The normalized spacial score (nSPS) is 14.5. The molecule has 1 aliphatic rings. The van der Waals surface area contributed by atoms with Gasteiger partial charge in [-0.1, -0.05) is 30.3 Å². The van der Waals surface area contributed by atoms with E-state index in [-0.39, 0.29) is 6.10 Å². The first-order valence-electron chi connectivity index (χ1n) is 9.08. The topological polar surface area (TPSA) is 89.3 Å². The van der Waals surface area contributed by atoms with Gasteiger partial charge in [0.15, 0.2) is 11.6 Å². The van der Waals surface area contributed by atoms with Crippen LogP contribution in [0.4, 0.5) is 20.2 Å². The van der Waals surface area contributed by atoms with Crippen LogP contribution in [0.1, 0.15) is 17.5 Å². The van der Waals surface area contributed by atoms with Crippen LogP contribution in [-0.4, -0.2) is 18.0 Å². The summed E-state index contributed by atoms with van der Waals surface area (Å²) in [7, 11) is 0. The third-order valence-electron chi connectivity index (χ3n) is 4.64. The van der Waals surface area contributed by atoms with Gasteiger partial charge in [0, 0.05) is 17.8 Å². The first-order chi connectivity index (χ1) is 13.9. The molecule has 0 radical (unpaired) electrons. The summed E-state index contributed by atoms with van der Waals surface area (Å²) in [5.41, 5.74) is 16.6. The highest BCUT2D eigenvalue weighted by molar-refractivity contribution is 5.67. The lowest BCUT2D eigenvalue weighted by molar-refractivity contribution is -0.0979. The fourth-order valence-electron chi connectivity index (χ4n) is 3.19. The summed E-state index contributed by atoms with van der Waals surface area (Å²) in [6.07, 6.45) is 2.36. The van der Waals surface area contributed by atoms with Gasteiger partial charge in [0.1, 0.15) is 6.79 Å². The van der Waals surface area contributed by atoms with Crippen molar-refractivity contribution in [2.45, 2.75) is 25.4 Å². The van der Waals surface area contributed by atoms with Gasteiger partial charge < -0.3 is 21.4 Å². The molecule has 0 aliphatic heterocycles. The van der Waals surface area contributed by atoms with Gasteiger partial charge in [-0.25, -0.2) is 8.78 Å². The lowest BCUT2D eigenvalue weighted by Crippen LogP contribution is -2.19. The second-order valence-corrected chi connectivity index (χ2v) is 6.64. The summed E-state index contributed by atoms with van der Waals surface area (Å²) in [4.78, 5) is 8.00. The van der Waals surface area contributed by atoms with E-state index in [1.54, 1.807) is 24.3 Å². The van der Waals surface area contributed by atoms with Gasteiger partial charge in [-0.3, -0.25) is 0 Å². The van der Waals surface area contributed by atoms with Crippen molar-refractivity contribution in [2.75, 3.05) is 11.5 Å². The molecule has 152 valence electrons. The maximum atomic E-state index is 13.0. The van der Waals surface area contributed by atoms with E-state index in [2.05, 4.69) is 6.07 Å². The molecule has 5 N–H and O–H groups in total. The van der Waals surface area contributed by atoms with Crippen molar-refractivity contribution >= 4 is 18.2 Å². The van der Waals surface area contributed by atoms with Crippen molar-refractivity contribution in [1.29, 1.82) is 0 Å². The van der Waals surface area contributed by atoms with Crippen LogP contribution >= 0.6 is 0 Å². The van der Waals surface area contributed by atoms with Gasteiger partial charge >= 0.3 is 0 Å². The van der Waals surface area contributed by atoms with Crippen LogP contribution < -0.4 is 11.5 Å². The smallest absolute Gasteiger partial charge is 0.159 e. The summed E-state index contributed by atoms with van der Waals surface area (Å²) >= 11 is 0. The van der Waals surface area contributed by atoms with Gasteiger partial charge in [0.05, 0.1) is 6.10 Å². The number of aryl methyl sites for hydroxylation is 1. The zero-order valence-corrected chi connectivity index (χ0v) is 15.9. The molecular formula is C23H24F2N2O2. The van der Waals surface area contributed by atoms with E-state index in [9.17, 15) is 13.9 Å². The van der Waals surface area contributed by atoms with Gasteiger partial charge in [-0.2, -0.15) is 0 Å². The summed E-state index contributed by atoms with van der Waals surface area (Å²) in [6.45, 7) is 2.00. The number of nitrogen functional groups attached to an aromatic ring is 2. The Kier molecular flexibility index (Phi) is 7.86. The number of hydrogen-bond donors (Lipinski definition) is 3. The monoisotopic (exact) mass is 398 g/mol. The standard InChI is InChI=1S/C12H9F2N.C10H13NO.CH2O/c13-11-5-4-9(7-12(11)14)8-2-1-3-10(15)6-8;11-10-3-1-2-7-4-5-8(12)6-9(7)10;1-2/h1-7H,15H2;1-3,8,12H,4-6,11H2;1H2. The molecule has 0 heterocycles. The van der Waals surface area contributed by atoms with E-state index in [1.165, 1.54) is 11.6 Å². The minimum Gasteiger partial charge on any atom is -0.399 e. The molecule has 0 amide bonds. The fourth-order valence-corrected chi connectivity index (χ4v) is 3.19. The Bertz CT molecular complexity index is 963. The highest BCUT2D eigenvalue weighted by Gasteiger charge is 2.17. The SMILES string of the molecule is C=O.Nc1cccc(-c2ccc(F)c(F)c2)c1.Nc1cccc2c1CC(O)CC2. The van der Waals surface area contributed by atoms with E-state index < -0.39 is 11.6 Å². The lowest BCUT2D eigenvalue weighted by atomic mass is 9.89. The Morgan fingerprint density at radius 2 is 1.59 bits per heavy atom. The minimum absolute atomic E-state index is 0.192. The average molecular weight is 398 g/mol. The molecule has 4 rings (SSSR count). The molecule has 1 unspecified atom stereocenters. The number of benzene rings is 3. The highest BCUT2D eigenvalue weighted by atomic mass is 19.2. The molecule has 0 bridgehead atoms. The van der Waals surface area contributed by atoms with Gasteiger partial charge in [0.2, 0.25) is 0 Å². The molecule has 3 aromatic carbocycles. The number of rotatable bonds is 1. The maximum absolute atomic E-state index is 13.0.